The fourth-order valence-corrected chi connectivity index (χ4v) is 6.68. The van der Waals surface area contributed by atoms with Gasteiger partial charge in [0.2, 0.25) is 0 Å². The van der Waals surface area contributed by atoms with Crippen molar-refractivity contribution in [2.75, 3.05) is 13.2 Å². The van der Waals surface area contributed by atoms with E-state index in [1.807, 2.05) is 36.5 Å². The van der Waals surface area contributed by atoms with Gasteiger partial charge in [-0.1, -0.05) is 239 Å². The van der Waals surface area contributed by atoms with Crippen molar-refractivity contribution in [3.63, 3.8) is 0 Å². The van der Waals surface area contributed by atoms with Crippen molar-refractivity contribution >= 4 is 17.9 Å². The molecule has 0 heterocycles. The van der Waals surface area contributed by atoms with Gasteiger partial charge in [0.05, 0.1) is 0 Å². The van der Waals surface area contributed by atoms with E-state index in [1.54, 1.807) is 0 Å². The summed E-state index contributed by atoms with van der Waals surface area (Å²) >= 11 is 0. The van der Waals surface area contributed by atoms with Gasteiger partial charge >= 0.3 is 17.9 Å². The number of hydrogen-bond acceptors (Lipinski definition) is 6. The van der Waals surface area contributed by atoms with Gasteiger partial charge in [-0.2, -0.15) is 0 Å². The van der Waals surface area contributed by atoms with Crippen molar-refractivity contribution in [1.82, 2.24) is 0 Å². The molecule has 0 aliphatic carbocycles. The minimum Gasteiger partial charge on any atom is -0.462 e. The van der Waals surface area contributed by atoms with Crippen LogP contribution < -0.4 is 0 Å². The lowest BCUT2D eigenvalue weighted by Crippen LogP contribution is -2.30. The Labute approximate surface area is 399 Å². The highest BCUT2D eigenvalue weighted by Gasteiger charge is 2.19. The maximum absolute atomic E-state index is 12.8. The third-order valence-corrected chi connectivity index (χ3v) is 10.6. The van der Waals surface area contributed by atoms with Crippen LogP contribution in [0.25, 0.3) is 0 Å². The zero-order chi connectivity index (χ0) is 47.2. The first-order chi connectivity index (χ1) is 32.0. The third-order valence-electron chi connectivity index (χ3n) is 10.6. The lowest BCUT2D eigenvalue weighted by Gasteiger charge is -2.18. The van der Waals surface area contributed by atoms with E-state index >= 15 is 0 Å². The molecule has 0 spiro atoms. The lowest BCUT2D eigenvalue weighted by atomic mass is 10.0. The molecule has 0 bridgehead atoms. The topological polar surface area (TPSA) is 78.9 Å². The maximum Gasteiger partial charge on any atom is 0.306 e. The predicted molar refractivity (Wildman–Crippen MR) is 279 cm³/mol. The molecule has 65 heavy (non-hydrogen) atoms. The van der Waals surface area contributed by atoms with Gasteiger partial charge < -0.3 is 14.2 Å². The number of hydrogen-bond donors (Lipinski definition) is 0. The van der Waals surface area contributed by atoms with Crippen molar-refractivity contribution in [1.29, 1.82) is 0 Å². The monoisotopic (exact) mass is 899 g/mol. The van der Waals surface area contributed by atoms with Crippen LogP contribution in [0.5, 0.6) is 0 Å². The smallest absolute Gasteiger partial charge is 0.306 e. The maximum atomic E-state index is 12.8. The standard InChI is InChI=1S/C59H94O6/c1-4-7-10-13-16-19-22-25-27-29-31-32-34-37-40-43-46-49-52-58(61)64-55-56(54-63-57(60)51-48-45-42-39-36-24-21-18-15-12-9-6-3)65-59(62)53-50-47-44-41-38-35-33-30-28-26-23-20-17-14-11-8-5-2/h8,10-11,13,16-17,19-20,22,25-29,31-33,35,41,44,56H,4-7,9,12,14-15,18,21,23-24,30,34,36-40,42-43,45-55H2,1-3H3/b11-8-,13-10-,19-16-,20-17-,25-22-,28-26-,29-27-,32-31-,35-33-,44-41-. The summed E-state index contributed by atoms with van der Waals surface area (Å²) in [5.41, 5.74) is 0. The van der Waals surface area contributed by atoms with Crippen LogP contribution in [0.4, 0.5) is 0 Å². The van der Waals surface area contributed by atoms with Crippen LogP contribution in [0.2, 0.25) is 0 Å². The zero-order valence-corrected chi connectivity index (χ0v) is 41.7. The first-order valence-corrected chi connectivity index (χ1v) is 26.1. The summed E-state index contributed by atoms with van der Waals surface area (Å²) in [6.07, 6.45) is 71.8. The van der Waals surface area contributed by atoms with E-state index in [0.29, 0.717) is 19.3 Å². The van der Waals surface area contributed by atoms with Gasteiger partial charge in [-0.15, -0.1) is 0 Å². The highest BCUT2D eigenvalue weighted by atomic mass is 16.6. The fourth-order valence-electron chi connectivity index (χ4n) is 6.68. The van der Waals surface area contributed by atoms with Crippen LogP contribution in [0.1, 0.15) is 213 Å². The summed E-state index contributed by atoms with van der Waals surface area (Å²) in [6, 6.07) is 0. The van der Waals surface area contributed by atoms with Crippen LogP contribution >= 0.6 is 0 Å². The second-order valence-electron chi connectivity index (χ2n) is 16.8. The Morgan fingerprint density at radius 1 is 0.338 bits per heavy atom. The molecule has 0 aromatic carbocycles. The molecule has 0 aliphatic heterocycles. The molecule has 0 aromatic heterocycles. The van der Waals surface area contributed by atoms with Gasteiger partial charge in [-0.25, -0.2) is 0 Å². The quantitative estimate of drug-likeness (QED) is 0.0199. The van der Waals surface area contributed by atoms with Crippen LogP contribution in [0, 0.1) is 0 Å². The second kappa shape index (κ2) is 52.4. The molecule has 0 fully saturated rings. The first-order valence-electron chi connectivity index (χ1n) is 26.1. The number of carbonyl (C=O) groups excluding carboxylic acids is 3. The summed E-state index contributed by atoms with van der Waals surface area (Å²) in [5.74, 6) is -1.00. The molecule has 0 saturated heterocycles. The molecule has 1 unspecified atom stereocenters. The number of rotatable bonds is 45. The van der Waals surface area contributed by atoms with E-state index in [0.717, 1.165) is 103 Å². The SMILES string of the molecule is CC/C=C\C/C=C\C/C=C\C/C=C\C/C=C\CCCC(=O)OC(COC(=O)CCCCCCC\C=C/C=C\C=C/C=C\C=C/CCC)COC(=O)CCCCCCCCCCCCCC. The predicted octanol–water partition coefficient (Wildman–Crippen LogP) is 17.3. The molecular weight excluding hydrogens is 805 g/mol. The molecular formula is C59H94O6. The third kappa shape index (κ3) is 50.7. The largest absolute Gasteiger partial charge is 0.462 e. The summed E-state index contributed by atoms with van der Waals surface area (Å²) in [4.78, 5) is 38.0. The lowest BCUT2D eigenvalue weighted by molar-refractivity contribution is -0.167. The Morgan fingerprint density at radius 3 is 1.17 bits per heavy atom. The molecule has 0 aromatic rings. The van der Waals surface area contributed by atoms with Gasteiger partial charge in [-0.3, -0.25) is 14.4 Å². The van der Waals surface area contributed by atoms with Crippen LogP contribution in [-0.4, -0.2) is 37.2 Å². The minimum atomic E-state index is -0.820. The van der Waals surface area contributed by atoms with E-state index in [4.69, 9.17) is 14.2 Å². The number of carbonyl (C=O) groups is 3. The number of ether oxygens (including phenoxy) is 3. The molecule has 0 rings (SSSR count). The molecule has 6 heteroatoms. The molecule has 0 N–H and O–H groups in total. The van der Waals surface area contributed by atoms with E-state index in [1.165, 1.54) is 64.2 Å². The molecule has 366 valence electrons. The fraction of sp³-hybridized carbons (Fsp3) is 0.610. The summed E-state index contributed by atoms with van der Waals surface area (Å²) in [6.45, 7) is 6.35. The van der Waals surface area contributed by atoms with Crippen molar-refractivity contribution in [3.05, 3.63) is 122 Å². The average molecular weight is 899 g/mol. The zero-order valence-electron chi connectivity index (χ0n) is 41.7. The van der Waals surface area contributed by atoms with Gasteiger partial charge in [-0.05, 0) is 77.0 Å². The van der Waals surface area contributed by atoms with Gasteiger partial charge in [0.25, 0.3) is 0 Å². The second-order valence-corrected chi connectivity index (χ2v) is 16.8. The van der Waals surface area contributed by atoms with Crippen molar-refractivity contribution < 1.29 is 28.6 Å². The summed E-state index contributed by atoms with van der Waals surface area (Å²) in [7, 11) is 0. The first kappa shape index (κ1) is 60.8. The van der Waals surface area contributed by atoms with Crippen molar-refractivity contribution in [2.24, 2.45) is 0 Å². The molecule has 0 radical (unpaired) electrons. The van der Waals surface area contributed by atoms with Crippen molar-refractivity contribution in [3.8, 4) is 0 Å². The van der Waals surface area contributed by atoms with E-state index in [9.17, 15) is 14.4 Å². The Bertz CT molecular complexity index is 1400. The number of esters is 3. The molecule has 6 nitrogen and oxygen atoms in total. The van der Waals surface area contributed by atoms with Gasteiger partial charge in [0.1, 0.15) is 13.2 Å². The Balaban J connectivity index is 4.55. The normalized spacial score (nSPS) is 13.1. The summed E-state index contributed by atoms with van der Waals surface area (Å²) < 4.78 is 16.7. The molecule has 1 atom stereocenters. The molecule has 0 aliphatic rings. The van der Waals surface area contributed by atoms with Gasteiger partial charge in [0, 0.05) is 19.3 Å². The van der Waals surface area contributed by atoms with Gasteiger partial charge in [0.15, 0.2) is 6.10 Å². The Morgan fingerprint density at radius 2 is 0.708 bits per heavy atom. The minimum absolute atomic E-state index is 0.111. The molecule has 0 amide bonds. The summed E-state index contributed by atoms with van der Waals surface area (Å²) in [5, 5.41) is 0. The Hall–Kier alpha value is -4.19. The van der Waals surface area contributed by atoms with Crippen LogP contribution in [-0.2, 0) is 28.6 Å². The van der Waals surface area contributed by atoms with Crippen molar-refractivity contribution in [2.45, 2.75) is 219 Å². The van der Waals surface area contributed by atoms with E-state index in [-0.39, 0.29) is 37.5 Å². The van der Waals surface area contributed by atoms with Crippen LogP contribution in [0.3, 0.4) is 0 Å². The average Bonchev–Trinajstić information content (AvgIpc) is 3.30. The Kier molecular flexibility index (Phi) is 49.1. The van der Waals surface area contributed by atoms with E-state index in [2.05, 4.69) is 106 Å². The van der Waals surface area contributed by atoms with Crippen LogP contribution in [0.15, 0.2) is 122 Å². The molecule has 0 saturated carbocycles. The highest BCUT2D eigenvalue weighted by molar-refractivity contribution is 5.71. The number of unbranched alkanes of at least 4 members (excludes halogenated alkanes) is 18. The number of allylic oxidation sites excluding steroid dienone is 20. The van der Waals surface area contributed by atoms with E-state index < -0.39 is 6.10 Å². The highest BCUT2D eigenvalue weighted by Crippen LogP contribution is 2.14.